The fraction of sp³-hybridized carbons (Fsp3) is 0.118. The minimum Gasteiger partial charge on any atom is -0.493 e. The fourth-order valence-electron chi connectivity index (χ4n) is 2.23. The molecule has 6 nitrogen and oxygen atoms in total. The van der Waals surface area contributed by atoms with E-state index in [4.69, 9.17) is 33.3 Å². The molecule has 1 aromatic heterocycles. The highest BCUT2D eigenvalue weighted by Crippen LogP contribution is 2.31. The van der Waals surface area contributed by atoms with Crippen molar-refractivity contribution >= 4 is 30.0 Å². The third-order valence-electron chi connectivity index (χ3n) is 3.48. The Hall–Kier alpha value is -2.64. The van der Waals surface area contributed by atoms with Gasteiger partial charge >= 0.3 is 0 Å². The van der Waals surface area contributed by atoms with Gasteiger partial charge in [0.15, 0.2) is 17.3 Å². The van der Waals surface area contributed by atoms with E-state index in [1.165, 1.54) is 0 Å². The Morgan fingerprint density at radius 3 is 2.52 bits per heavy atom. The first-order valence-corrected chi connectivity index (χ1v) is 8.10. The van der Waals surface area contributed by atoms with Crippen LogP contribution < -0.4 is 9.47 Å². The van der Waals surface area contributed by atoms with Gasteiger partial charge in [-0.15, -0.1) is 0 Å². The molecule has 1 N–H and O–H groups in total. The second-order valence-corrected chi connectivity index (χ2v) is 5.85. The summed E-state index contributed by atoms with van der Waals surface area (Å²) in [4.78, 5) is 0. The van der Waals surface area contributed by atoms with E-state index < -0.39 is 0 Å². The van der Waals surface area contributed by atoms with Gasteiger partial charge in [-0.05, 0) is 48.1 Å². The monoisotopic (exact) mass is 374 g/mol. The highest BCUT2D eigenvalue weighted by atomic mass is 35.5. The Kier molecular flexibility index (Phi) is 5.16. The zero-order valence-corrected chi connectivity index (χ0v) is 15.1. The van der Waals surface area contributed by atoms with Crippen LogP contribution in [0.3, 0.4) is 0 Å². The molecule has 3 rings (SSSR count). The molecular formula is C17H15ClN4O2S. The summed E-state index contributed by atoms with van der Waals surface area (Å²) in [6.07, 6.45) is 1.69. The number of nitrogens with zero attached hydrogens (tertiary/aromatic N) is 3. The summed E-state index contributed by atoms with van der Waals surface area (Å²) in [6, 6.07) is 12.8. The van der Waals surface area contributed by atoms with Crippen LogP contribution in [0.5, 0.6) is 11.5 Å². The van der Waals surface area contributed by atoms with E-state index in [2.05, 4.69) is 15.3 Å². The average Bonchev–Trinajstić information content (AvgIpc) is 3.01. The third kappa shape index (κ3) is 3.72. The maximum Gasteiger partial charge on any atom is 0.216 e. The first-order valence-electron chi connectivity index (χ1n) is 7.32. The normalized spacial score (nSPS) is 11.0. The fourth-order valence-corrected chi connectivity index (χ4v) is 2.54. The minimum atomic E-state index is 0.384. The number of rotatable bonds is 5. The average molecular weight is 375 g/mol. The van der Waals surface area contributed by atoms with Crippen LogP contribution in [-0.2, 0) is 0 Å². The van der Waals surface area contributed by atoms with Gasteiger partial charge in [-0.3, -0.25) is 0 Å². The predicted molar refractivity (Wildman–Crippen MR) is 100 cm³/mol. The molecule has 2 aromatic carbocycles. The van der Waals surface area contributed by atoms with Crippen LogP contribution >= 0.6 is 23.8 Å². The highest BCUT2D eigenvalue weighted by molar-refractivity contribution is 7.71. The Morgan fingerprint density at radius 1 is 1.12 bits per heavy atom. The van der Waals surface area contributed by atoms with Gasteiger partial charge in [0.1, 0.15) is 0 Å². The van der Waals surface area contributed by atoms with E-state index in [0.29, 0.717) is 27.1 Å². The topological polar surface area (TPSA) is 64.4 Å². The van der Waals surface area contributed by atoms with Crippen molar-refractivity contribution < 1.29 is 9.47 Å². The number of nitrogens with one attached hydrogen (secondary N) is 1. The summed E-state index contributed by atoms with van der Waals surface area (Å²) in [7, 11) is 3.17. The molecule has 0 unspecified atom stereocenters. The molecule has 0 saturated heterocycles. The van der Waals surface area contributed by atoms with Gasteiger partial charge < -0.3 is 9.47 Å². The molecule has 0 aliphatic rings. The maximum atomic E-state index is 5.89. The summed E-state index contributed by atoms with van der Waals surface area (Å²) in [5.41, 5.74) is 1.68. The second kappa shape index (κ2) is 7.50. The van der Waals surface area contributed by atoms with E-state index in [9.17, 15) is 0 Å². The van der Waals surface area contributed by atoms with Crippen molar-refractivity contribution in [3.63, 3.8) is 0 Å². The van der Waals surface area contributed by atoms with Crippen LogP contribution in [0.15, 0.2) is 47.6 Å². The zero-order valence-electron chi connectivity index (χ0n) is 13.6. The number of benzene rings is 2. The van der Waals surface area contributed by atoms with Crippen molar-refractivity contribution in [2.75, 3.05) is 14.2 Å². The number of aromatic amines is 1. The predicted octanol–water partition coefficient (Wildman–Crippen LogP) is 4.16. The van der Waals surface area contributed by atoms with E-state index >= 15 is 0 Å². The molecule has 8 heteroatoms. The van der Waals surface area contributed by atoms with Crippen molar-refractivity contribution in [2.24, 2.45) is 5.10 Å². The molecule has 0 atom stereocenters. The van der Waals surface area contributed by atoms with Gasteiger partial charge in [0, 0.05) is 10.6 Å². The summed E-state index contributed by atoms with van der Waals surface area (Å²) < 4.78 is 12.5. The standard InChI is InChI=1S/C17H15ClN4O2S/c1-23-14-8-5-12(9-15(14)24-2)16-20-21-17(25)22(16)19-10-11-3-6-13(18)7-4-11/h3-10H,1-2H3,(H,21,25). The molecular weight excluding hydrogens is 360 g/mol. The Morgan fingerprint density at radius 2 is 1.84 bits per heavy atom. The molecule has 0 bridgehead atoms. The van der Waals surface area contributed by atoms with Gasteiger partial charge in [-0.2, -0.15) is 14.9 Å². The van der Waals surface area contributed by atoms with E-state index in [1.807, 2.05) is 24.3 Å². The summed E-state index contributed by atoms with van der Waals surface area (Å²) >= 11 is 11.2. The van der Waals surface area contributed by atoms with Crippen LogP contribution in [0, 0.1) is 4.77 Å². The summed E-state index contributed by atoms with van der Waals surface area (Å²) in [5, 5.41) is 12.1. The molecule has 0 radical (unpaired) electrons. The molecule has 0 saturated carbocycles. The number of hydrogen-bond donors (Lipinski definition) is 1. The smallest absolute Gasteiger partial charge is 0.216 e. The molecule has 128 valence electrons. The summed E-state index contributed by atoms with van der Waals surface area (Å²) in [5.74, 6) is 1.80. The van der Waals surface area contributed by atoms with E-state index in [0.717, 1.165) is 11.1 Å². The molecule has 0 aliphatic heterocycles. The number of halogens is 1. The van der Waals surface area contributed by atoms with Crippen LogP contribution in [0.1, 0.15) is 5.56 Å². The van der Waals surface area contributed by atoms with Gasteiger partial charge in [-0.25, -0.2) is 5.10 Å². The lowest BCUT2D eigenvalue weighted by atomic mass is 10.2. The molecule has 0 spiro atoms. The van der Waals surface area contributed by atoms with Crippen molar-refractivity contribution in [3.05, 3.63) is 57.8 Å². The third-order valence-corrected chi connectivity index (χ3v) is 4.00. The molecule has 1 heterocycles. The number of aromatic nitrogens is 3. The van der Waals surface area contributed by atoms with E-state index in [-0.39, 0.29) is 0 Å². The molecule has 0 aliphatic carbocycles. The van der Waals surface area contributed by atoms with Gasteiger partial charge in [0.25, 0.3) is 0 Å². The quantitative estimate of drug-likeness (QED) is 0.538. The van der Waals surface area contributed by atoms with Crippen molar-refractivity contribution in [3.8, 4) is 22.9 Å². The molecule has 25 heavy (non-hydrogen) atoms. The SMILES string of the molecule is COc1ccc(-c2n[nH]c(=S)n2N=Cc2ccc(Cl)cc2)cc1OC. The molecule has 0 fully saturated rings. The second-order valence-electron chi connectivity index (χ2n) is 5.03. The number of hydrogen-bond acceptors (Lipinski definition) is 5. The van der Waals surface area contributed by atoms with Gasteiger partial charge in [0.05, 0.1) is 20.4 Å². The number of H-pyrrole nitrogens is 1. The lowest BCUT2D eigenvalue weighted by molar-refractivity contribution is 0.355. The van der Waals surface area contributed by atoms with Crippen molar-refractivity contribution in [1.29, 1.82) is 0 Å². The van der Waals surface area contributed by atoms with Crippen LogP contribution in [0.2, 0.25) is 5.02 Å². The lowest BCUT2D eigenvalue weighted by Gasteiger charge is -2.09. The van der Waals surface area contributed by atoms with Crippen LogP contribution in [-0.4, -0.2) is 35.3 Å². The Labute approximate surface area is 154 Å². The first kappa shape index (κ1) is 17.2. The number of ether oxygens (including phenoxy) is 2. The van der Waals surface area contributed by atoms with Crippen LogP contribution in [0.25, 0.3) is 11.4 Å². The lowest BCUT2D eigenvalue weighted by Crippen LogP contribution is -1.96. The maximum absolute atomic E-state index is 5.89. The first-order chi connectivity index (χ1) is 12.1. The Balaban J connectivity index is 1.99. The van der Waals surface area contributed by atoms with Gasteiger partial charge in [0.2, 0.25) is 4.77 Å². The zero-order chi connectivity index (χ0) is 17.8. The summed E-state index contributed by atoms with van der Waals surface area (Å²) in [6.45, 7) is 0. The number of methoxy groups -OCH3 is 2. The largest absolute Gasteiger partial charge is 0.493 e. The Bertz CT molecular complexity index is 964. The minimum absolute atomic E-state index is 0.384. The van der Waals surface area contributed by atoms with Crippen molar-refractivity contribution in [2.45, 2.75) is 0 Å². The highest BCUT2D eigenvalue weighted by Gasteiger charge is 2.12. The van der Waals surface area contributed by atoms with Crippen LogP contribution in [0.4, 0.5) is 0 Å². The van der Waals surface area contributed by atoms with Crippen molar-refractivity contribution in [1.82, 2.24) is 14.9 Å². The van der Waals surface area contributed by atoms with E-state index in [1.54, 1.807) is 43.3 Å². The molecule has 3 aromatic rings. The molecule has 0 amide bonds. The van der Waals surface area contributed by atoms with Gasteiger partial charge in [-0.1, -0.05) is 23.7 Å².